The zero-order chi connectivity index (χ0) is 93.2. The van der Waals surface area contributed by atoms with E-state index in [1.165, 1.54) is 112 Å². The third-order valence-corrected chi connectivity index (χ3v) is 13.0. The molecular weight excluding hydrogens is 1420 g/mol. The van der Waals surface area contributed by atoms with Gasteiger partial charge in [-0.25, -0.2) is 0 Å². The molecule has 1 aromatic heterocycles. The Hall–Kier alpha value is -5.18. The van der Waals surface area contributed by atoms with Gasteiger partial charge in [0.25, 0.3) is 0 Å². The van der Waals surface area contributed by atoms with Gasteiger partial charge in [0.05, 0.1) is 13.2 Å². The molecule has 5 aliphatic carbocycles. The fourth-order valence-corrected chi connectivity index (χ4v) is 9.44. The minimum Gasteiger partial charge on any atom is -0.376 e. The third-order valence-electron chi connectivity index (χ3n) is 13.0. The Morgan fingerprint density at radius 2 is 0.424 bits per heavy atom. The molecule has 0 bridgehead atoms. The number of para-hydroxylation sites is 1. The summed E-state index contributed by atoms with van der Waals surface area (Å²) in [5, 5.41) is 1.28. The van der Waals surface area contributed by atoms with E-state index in [2.05, 4.69) is 477 Å². The Bertz CT molecular complexity index is 2980. The molecule has 1 N–H and O–H groups in total. The van der Waals surface area contributed by atoms with Gasteiger partial charge in [-0.15, -0.1) is 0 Å². The van der Waals surface area contributed by atoms with E-state index in [0.29, 0.717) is 70.4 Å². The molecule has 2 nitrogen and oxygen atoms in total. The van der Waals surface area contributed by atoms with Crippen molar-refractivity contribution < 1.29 is 4.74 Å². The van der Waals surface area contributed by atoms with Crippen molar-refractivity contribution in [1.82, 2.24) is 4.98 Å². The van der Waals surface area contributed by atoms with Gasteiger partial charge in [0.15, 0.2) is 0 Å². The molecule has 1 spiro atoms. The first-order valence-corrected chi connectivity index (χ1v) is 46.2. The number of hydrogen-bond acceptors (Lipinski definition) is 1. The van der Waals surface area contributed by atoms with Crippen LogP contribution in [0.15, 0.2) is 158 Å². The van der Waals surface area contributed by atoms with Crippen molar-refractivity contribution in [2.75, 3.05) is 6.61 Å². The zero-order valence-electron chi connectivity index (χ0n) is 88.4. The molecule has 2 heteroatoms. The fraction of sp³-hybridized carbons (Fsp3) is 0.672. The van der Waals surface area contributed by atoms with Crippen LogP contribution in [-0.2, 0) is 68.1 Å². The van der Waals surface area contributed by atoms with Gasteiger partial charge in [0.2, 0.25) is 0 Å². The van der Waals surface area contributed by atoms with Crippen LogP contribution in [0.1, 0.15) is 433 Å². The van der Waals surface area contributed by atoms with Crippen molar-refractivity contribution >= 4 is 10.9 Å². The largest absolute Gasteiger partial charge is 0.376 e. The topological polar surface area (TPSA) is 25.0 Å². The smallest absolute Gasteiger partial charge is 0.0719 e. The molecule has 1 saturated carbocycles. The summed E-state index contributed by atoms with van der Waals surface area (Å²) in [6.07, 6.45) is 22.0. The minimum atomic E-state index is 0.500. The van der Waals surface area contributed by atoms with Crippen LogP contribution in [0, 0.1) is 65.0 Å². The van der Waals surface area contributed by atoms with Crippen molar-refractivity contribution in [1.29, 1.82) is 0 Å². The number of benzene rings is 6. The van der Waals surface area contributed by atoms with E-state index in [1.807, 2.05) is 18.3 Å². The molecule has 1 aliphatic heterocycles. The van der Waals surface area contributed by atoms with Crippen molar-refractivity contribution in [3.63, 3.8) is 0 Å². The molecule has 2 heterocycles. The Morgan fingerprint density at radius 1 is 0.212 bits per heavy atom. The molecule has 0 saturated heterocycles. The van der Waals surface area contributed by atoms with Crippen LogP contribution in [-0.4, -0.2) is 11.6 Å². The van der Waals surface area contributed by atoms with E-state index in [1.54, 1.807) is 44.5 Å². The quantitative estimate of drug-likeness (QED) is 0.161. The lowest BCUT2D eigenvalue weighted by Gasteiger charge is -2.14. The van der Waals surface area contributed by atoms with E-state index in [4.69, 9.17) is 4.74 Å². The first-order chi connectivity index (χ1) is 52.7. The summed E-state index contributed by atoms with van der Waals surface area (Å²) in [5.74, 6) is 0. The Balaban J connectivity index is -0.000000386. The van der Waals surface area contributed by atoms with Crippen LogP contribution in [0.2, 0.25) is 0 Å². The highest BCUT2D eigenvalue weighted by molar-refractivity contribution is 5.78. The van der Waals surface area contributed by atoms with E-state index in [0.717, 1.165) is 19.6 Å². The number of aromatic nitrogens is 1. The van der Waals surface area contributed by atoms with E-state index in [9.17, 15) is 0 Å². The van der Waals surface area contributed by atoms with Gasteiger partial charge in [0.1, 0.15) is 0 Å². The highest BCUT2D eigenvalue weighted by atomic mass is 16.5. The summed E-state index contributed by atoms with van der Waals surface area (Å²) in [7, 11) is 0. The SMILES string of the molecule is CC(C)(C)C.CC(C)(C)C.CC(C)(C)C.CC(C)(C)C.CC(C)(C)C.CC(C)(C)C.CC(C)(C)C.CC(C)(C)C.CC(C)(C)C.CC(C)(C)C.CC(C)(C)C.CC(C)(C)C.c1ccc2[nH]ccc2c1.c1ccc2c(c1)CCC2.c1ccc2c(c1)CCC2.c1ccc2c(c1)CCC21CC1.c1ccc2c(c1)CCCC2.c1ccc2c(c1)CCOC2. The lowest BCUT2D eigenvalue weighted by molar-refractivity contribution is 0.111. The van der Waals surface area contributed by atoms with Crippen molar-refractivity contribution in [3.8, 4) is 0 Å². The summed E-state index contributed by atoms with van der Waals surface area (Å²) in [4.78, 5) is 3.12. The number of ether oxygens (including phenoxy) is 1. The first kappa shape index (κ1) is 121. The Labute approximate surface area is 741 Å². The second-order valence-corrected chi connectivity index (χ2v) is 52.8. The fourth-order valence-electron chi connectivity index (χ4n) is 9.44. The average molecular weight is 1630 g/mol. The molecule has 0 radical (unpaired) electrons. The van der Waals surface area contributed by atoms with Gasteiger partial charge in [-0.2, -0.15) is 0 Å². The van der Waals surface area contributed by atoms with Gasteiger partial charge in [-0.1, -0.05) is 472 Å². The van der Waals surface area contributed by atoms with E-state index < -0.39 is 0 Å². The molecule has 0 amide bonds. The third kappa shape index (κ3) is 111. The van der Waals surface area contributed by atoms with Gasteiger partial charge < -0.3 is 9.72 Å². The van der Waals surface area contributed by atoms with Crippen LogP contribution < -0.4 is 0 Å². The number of H-pyrrole nitrogens is 1. The van der Waals surface area contributed by atoms with E-state index >= 15 is 0 Å². The molecule has 680 valence electrons. The maximum Gasteiger partial charge on any atom is 0.0719 e. The first-order valence-electron chi connectivity index (χ1n) is 46.2. The summed E-state index contributed by atoms with van der Waals surface area (Å²) < 4.78 is 5.30. The second-order valence-electron chi connectivity index (χ2n) is 52.8. The molecule has 0 unspecified atom stereocenters. The van der Waals surface area contributed by atoms with Crippen LogP contribution >= 0.6 is 0 Å². The van der Waals surface area contributed by atoms with Crippen LogP contribution in [0.3, 0.4) is 0 Å². The number of rotatable bonds is 0. The van der Waals surface area contributed by atoms with Crippen molar-refractivity contribution in [2.45, 2.75) is 441 Å². The number of aromatic amines is 1. The predicted octanol–water partition coefficient (Wildman–Crippen LogP) is 38.1. The van der Waals surface area contributed by atoms with Crippen molar-refractivity contribution in [3.05, 3.63) is 213 Å². The molecule has 1 fully saturated rings. The number of fused-ring (bicyclic) bond motifs is 7. The molecule has 7 aromatic rings. The van der Waals surface area contributed by atoms with Gasteiger partial charge in [-0.05, 0) is 240 Å². The van der Waals surface area contributed by atoms with Crippen molar-refractivity contribution in [2.24, 2.45) is 65.0 Å². The highest BCUT2D eigenvalue weighted by Crippen LogP contribution is 2.56. The average Bonchev–Trinajstić information content (AvgIpc) is 1.58. The lowest BCUT2D eigenvalue weighted by atomic mass is 9.92. The molecule has 6 aliphatic rings. The van der Waals surface area contributed by atoms with Crippen LogP contribution in [0.4, 0.5) is 0 Å². The molecule has 6 aromatic carbocycles. The maximum absolute atomic E-state index is 5.30. The molecule has 118 heavy (non-hydrogen) atoms. The Morgan fingerprint density at radius 3 is 0.669 bits per heavy atom. The monoisotopic (exact) mass is 1630 g/mol. The van der Waals surface area contributed by atoms with Gasteiger partial charge in [0, 0.05) is 11.7 Å². The molecular formula is C116H205NO. The van der Waals surface area contributed by atoms with E-state index in [-0.39, 0.29) is 0 Å². The molecule has 0 atom stereocenters. The zero-order valence-corrected chi connectivity index (χ0v) is 88.4. The summed E-state index contributed by atoms with van der Waals surface area (Å²) >= 11 is 0. The predicted molar refractivity (Wildman–Crippen MR) is 545 cm³/mol. The number of hydrogen-bond donors (Lipinski definition) is 1. The van der Waals surface area contributed by atoms with Gasteiger partial charge >= 0.3 is 0 Å². The standard InChI is InChI=1S/C11H12.C10H12.C9H10O.2C9H10.C8H7N.12C5H12/c1-2-4-10-9(3-1)5-6-11(10)7-8-11;1-2-6-10-8-4-3-7-9(10)5-1;1-2-4-9-7-10-6-5-8(9)3-1;2*1-2-5-9-7-3-6-8(9)4-1;1-2-4-8-7(3-1)5-6-9-8;12*1-5(2,3)4/h1-4H,5-8H2;1-2,5-6H,3-4,7-8H2;1-4H,5-7H2;2*1-2,4-5H,3,6-7H2;1-6,9H;12*1-4H3. The second kappa shape index (κ2) is 58.0. The highest BCUT2D eigenvalue weighted by Gasteiger charge is 2.48. The maximum atomic E-state index is 5.30. The number of nitrogens with one attached hydrogen (secondary N) is 1. The summed E-state index contributed by atoms with van der Waals surface area (Å²) in [5.41, 5.74) is 23.4. The van der Waals surface area contributed by atoms with Gasteiger partial charge in [-0.3, -0.25) is 0 Å². The normalized spacial score (nSPS) is 14.2. The lowest BCUT2D eigenvalue weighted by Crippen LogP contribution is -2.08. The molecule has 13 rings (SSSR count). The summed E-state index contributed by atoms with van der Waals surface area (Å²) in [6.45, 7) is 107. The summed E-state index contributed by atoms with van der Waals surface area (Å²) in [6, 6.07) is 54.0. The minimum absolute atomic E-state index is 0.500. The van der Waals surface area contributed by atoms with Crippen LogP contribution in [0.5, 0.6) is 0 Å². The Kier molecular flexibility index (Phi) is 59.7. The van der Waals surface area contributed by atoms with Crippen LogP contribution in [0.25, 0.3) is 10.9 Å². The number of aryl methyl sites for hydroxylation is 7.